The molecular weight excluding hydrogens is 419 g/mol. The first-order chi connectivity index (χ1) is 15.0. The number of hydrogen-bond donors (Lipinski definition) is 0. The average Bonchev–Trinajstić information content (AvgIpc) is 3.58. The minimum absolute atomic E-state index is 0.162. The van der Waals surface area contributed by atoms with Gasteiger partial charge in [0.25, 0.3) is 0 Å². The van der Waals surface area contributed by atoms with Crippen LogP contribution in [0.1, 0.15) is 39.0 Å². The van der Waals surface area contributed by atoms with Crippen molar-refractivity contribution in [1.29, 1.82) is 0 Å². The molecular formula is C24H28ClFN2O3. The van der Waals surface area contributed by atoms with E-state index in [2.05, 4.69) is 4.98 Å². The summed E-state index contributed by atoms with van der Waals surface area (Å²) in [5, 5.41) is 0.366. The lowest BCUT2D eigenvalue weighted by molar-refractivity contribution is -0.144. The molecule has 1 aromatic carbocycles. The lowest BCUT2D eigenvalue weighted by Crippen LogP contribution is -2.35. The fourth-order valence-corrected chi connectivity index (χ4v) is 4.30. The highest BCUT2D eigenvalue weighted by Gasteiger charge is 2.26. The zero-order valence-electron chi connectivity index (χ0n) is 17.8. The summed E-state index contributed by atoms with van der Waals surface area (Å²) in [4.78, 5) is 18.2. The van der Waals surface area contributed by atoms with Crippen LogP contribution in [0.5, 0.6) is 5.88 Å². The number of esters is 1. The van der Waals surface area contributed by atoms with Gasteiger partial charge in [0.05, 0.1) is 29.6 Å². The van der Waals surface area contributed by atoms with Crippen LogP contribution in [0, 0.1) is 17.7 Å². The molecule has 1 aliphatic carbocycles. The number of carbonyl (C=O) groups excluding carboxylic acids is 1. The van der Waals surface area contributed by atoms with Crippen LogP contribution in [0.3, 0.4) is 0 Å². The molecule has 0 unspecified atom stereocenters. The number of ether oxygens (including phenoxy) is 2. The molecule has 0 spiro atoms. The molecule has 2 fully saturated rings. The second-order valence-electron chi connectivity index (χ2n) is 8.34. The van der Waals surface area contributed by atoms with Gasteiger partial charge in [-0.25, -0.2) is 9.37 Å². The van der Waals surface area contributed by atoms with Gasteiger partial charge in [0.2, 0.25) is 5.88 Å². The number of benzene rings is 1. The molecule has 0 N–H and O–H groups in total. The van der Waals surface area contributed by atoms with Crippen molar-refractivity contribution < 1.29 is 18.7 Å². The largest absolute Gasteiger partial charge is 0.477 e. The first-order valence-electron chi connectivity index (χ1n) is 11.0. The Morgan fingerprint density at radius 3 is 2.65 bits per heavy atom. The molecule has 0 bridgehead atoms. The predicted octanol–water partition coefficient (Wildman–Crippen LogP) is 5.50. The van der Waals surface area contributed by atoms with Gasteiger partial charge >= 0.3 is 5.97 Å². The molecule has 2 heterocycles. The van der Waals surface area contributed by atoms with Crippen LogP contribution in [0.4, 0.5) is 10.1 Å². The number of halogens is 2. The summed E-state index contributed by atoms with van der Waals surface area (Å²) in [7, 11) is 0. The predicted molar refractivity (Wildman–Crippen MR) is 119 cm³/mol. The number of pyridine rings is 1. The van der Waals surface area contributed by atoms with Gasteiger partial charge in [-0.1, -0.05) is 17.7 Å². The van der Waals surface area contributed by atoms with Crippen molar-refractivity contribution in [1.82, 2.24) is 4.98 Å². The van der Waals surface area contributed by atoms with Crippen LogP contribution in [-0.4, -0.2) is 37.3 Å². The van der Waals surface area contributed by atoms with Gasteiger partial charge in [0.15, 0.2) is 0 Å². The number of hydrogen-bond acceptors (Lipinski definition) is 5. The van der Waals surface area contributed by atoms with Crippen LogP contribution in [0.15, 0.2) is 30.3 Å². The Balaban J connectivity index is 1.43. The second kappa shape index (κ2) is 9.86. The van der Waals surface area contributed by atoms with Gasteiger partial charge in [-0.3, -0.25) is 4.79 Å². The molecule has 1 saturated heterocycles. The van der Waals surface area contributed by atoms with Gasteiger partial charge in [-0.15, -0.1) is 0 Å². The van der Waals surface area contributed by atoms with Crippen LogP contribution in [-0.2, 0) is 9.53 Å². The van der Waals surface area contributed by atoms with Crippen LogP contribution < -0.4 is 9.64 Å². The monoisotopic (exact) mass is 446 g/mol. The normalized spacial score (nSPS) is 16.9. The topological polar surface area (TPSA) is 51.7 Å². The fourth-order valence-electron chi connectivity index (χ4n) is 3.98. The molecule has 7 heteroatoms. The third-order valence-corrected chi connectivity index (χ3v) is 6.18. The summed E-state index contributed by atoms with van der Waals surface area (Å²) in [6.07, 6.45) is 4.45. The van der Waals surface area contributed by atoms with Crippen LogP contribution >= 0.6 is 11.6 Å². The number of rotatable bonds is 8. The Labute approximate surface area is 187 Å². The van der Waals surface area contributed by atoms with Gasteiger partial charge < -0.3 is 14.4 Å². The van der Waals surface area contributed by atoms with Crippen LogP contribution in [0.2, 0.25) is 5.02 Å². The highest BCUT2D eigenvalue weighted by molar-refractivity contribution is 6.33. The molecule has 0 atom stereocenters. The summed E-state index contributed by atoms with van der Waals surface area (Å²) >= 11 is 6.52. The minimum Gasteiger partial charge on any atom is -0.477 e. The first-order valence-corrected chi connectivity index (χ1v) is 11.4. The molecule has 2 aliphatic rings. The maximum atomic E-state index is 15.1. The van der Waals surface area contributed by atoms with E-state index in [0.717, 1.165) is 12.8 Å². The zero-order chi connectivity index (χ0) is 21.8. The number of nitrogens with zero attached hydrogens (tertiary/aromatic N) is 2. The third kappa shape index (κ3) is 5.67. The maximum Gasteiger partial charge on any atom is 0.306 e. The average molecular weight is 447 g/mol. The van der Waals surface area contributed by atoms with Crippen molar-refractivity contribution in [2.75, 3.05) is 31.2 Å². The first kappa shape index (κ1) is 21.9. The molecule has 0 amide bonds. The van der Waals surface area contributed by atoms with E-state index in [4.69, 9.17) is 21.1 Å². The minimum atomic E-state index is -0.363. The molecule has 1 saturated carbocycles. The molecule has 31 heavy (non-hydrogen) atoms. The molecule has 1 aromatic heterocycles. The Kier molecular flexibility index (Phi) is 6.96. The van der Waals surface area contributed by atoms with E-state index < -0.39 is 0 Å². The van der Waals surface area contributed by atoms with Crippen molar-refractivity contribution in [2.24, 2.45) is 11.8 Å². The Hall–Kier alpha value is -2.34. The van der Waals surface area contributed by atoms with E-state index in [9.17, 15) is 4.79 Å². The number of piperidine rings is 1. The maximum absolute atomic E-state index is 15.1. The number of anilines is 1. The third-order valence-electron chi connectivity index (χ3n) is 5.89. The van der Waals surface area contributed by atoms with E-state index in [0.29, 0.717) is 66.5 Å². The highest BCUT2D eigenvalue weighted by atomic mass is 35.5. The standard InChI is InChI=1S/C24H28ClFN2O3/c1-2-30-23(29)12-16-8-10-28(11-9-16)24-19(25)13-18(14-20(24)26)21-4-3-5-22(27-21)31-15-17-6-7-17/h3-5,13-14,16-17H,2,6-12,15H2,1H3. The molecule has 166 valence electrons. The Morgan fingerprint density at radius 2 is 1.97 bits per heavy atom. The highest BCUT2D eigenvalue weighted by Crippen LogP contribution is 2.36. The van der Waals surface area contributed by atoms with Crippen molar-refractivity contribution in [3.8, 4) is 17.1 Å². The van der Waals surface area contributed by atoms with Gasteiger partial charge in [-0.05, 0) is 62.6 Å². The van der Waals surface area contributed by atoms with Crippen molar-refractivity contribution in [3.63, 3.8) is 0 Å². The fraction of sp³-hybridized carbons (Fsp3) is 0.500. The summed E-state index contributed by atoms with van der Waals surface area (Å²) < 4.78 is 25.9. The molecule has 5 nitrogen and oxygen atoms in total. The van der Waals surface area contributed by atoms with E-state index in [1.807, 2.05) is 30.0 Å². The van der Waals surface area contributed by atoms with Crippen molar-refractivity contribution >= 4 is 23.3 Å². The van der Waals surface area contributed by atoms with E-state index >= 15 is 4.39 Å². The molecule has 0 radical (unpaired) electrons. The van der Waals surface area contributed by atoms with E-state index in [1.165, 1.54) is 18.9 Å². The van der Waals surface area contributed by atoms with E-state index in [-0.39, 0.29) is 17.7 Å². The van der Waals surface area contributed by atoms with Crippen molar-refractivity contribution in [3.05, 3.63) is 41.2 Å². The quantitative estimate of drug-likeness (QED) is 0.501. The Morgan fingerprint density at radius 1 is 1.19 bits per heavy atom. The summed E-state index contributed by atoms with van der Waals surface area (Å²) in [6.45, 7) is 4.19. The Bertz CT molecular complexity index is 904. The second-order valence-corrected chi connectivity index (χ2v) is 8.75. The van der Waals surface area contributed by atoms with E-state index in [1.54, 1.807) is 6.07 Å². The lowest BCUT2D eigenvalue weighted by atomic mass is 9.93. The lowest BCUT2D eigenvalue weighted by Gasteiger charge is -2.34. The summed E-state index contributed by atoms with van der Waals surface area (Å²) in [6, 6.07) is 8.75. The van der Waals surface area contributed by atoms with Crippen molar-refractivity contribution in [2.45, 2.75) is 39.0 Å². The number of aromatic nitrogens is 1. The molecule has 2 aromatic rings. The van der Waals surface area contributed by atoms with Gasteiger partial charge in [0, 0.05) is 31.1 Å². The smallest absolute Gasteiger partial charge is 0.306 e. The number of carbonyl (C=O) groups is 1. The summed E-state index contributed by atoms with van der Waals surface area (Å²) in [5.41, 5.74) is 1.68. The van der Waals surface area contributed by atoms with Gasteiger partial charge in [-0.2, -0.15) is 0 Å². The summed E-state index contributed by atoms with van der Waals surface area (Å²) in [5.74, 6) is 0.925. The SMILES string of the molecule is CCOC(=O)CC1CCN(c2c(F)cc(-c3cccc(OCC4CC4)n3)cc2Cl)CC1. The molecule has 1 aliphatic heterocycles. The zero-order valence-corrected chi connectivity index (χ0v) is 18.5. The molecule has 4 rings (SSSR count). The van der Waals surface area contributed by atoms with Crippen LogP contribution in [0.25, 0.3) is 11.3 Å². The van der Waals surface area contributed by atoms with Gasteiger partial charge in [0.1, 0.15) is 5.82 Å².